The van der Waals surface area contributed by atoms with Gasteiger partial charge in [0.05, 0.1) is 30.2 Å². The quantitative estimate of drug-likeness (QED) is 0.601. The average molecular weight is 238 g/mol. The number of benzene rings is 1. The minimum atomic E-state index is -0.509. The highest BCUT2D eigenvalue weighted by Gasteiger charge is 2.18. The van der Waals surface area contributed by atoms with Crippen molar-refractivity contribution in [1.29, 1.82) is 0 Å². The van der Waals surface area contributed by atoms with Crippen molar-refractivity contribution in [1.82, 2.24) is 0 Å². The SMILES string of the molecule is COC(=O)c1cccc(N)c1N(C)CC(C)O. The van der Waals surface area contributed by atoms with E-state index in [1.165, 1.54) is 7.11 Å². The van der Waals surface area contributed by atoms with Crippen LogP contribution in [-0.2, 0) is 4.74 Å². The molecule has 0 amide bonds. The molecule has 0 aliphatic carbocycles. The Morgan fingerprint density at radius 1 is 1.59 bits per heavy atom. The molecule has 5 nitrogen and oxygen atoms in total. The Bertz CT molecular complexity index is 405. The number of ether oxygens (including phenoxy) is 1. The van der Waals surface area contributed by atoms with Crippen LogP contribution in [0, 0.1) is 0 Å². The fourth-order valence-corrected chi connectivity index (χ4v) is 1.75. The second-order valence-corrected chi connectivity index (χ2v) is 3.96. The van der Waals surface area contributed by atoms with E-state index in [1.54, 1.807) is 37.1 Å². The van der Waals surface area contributed by atoms with Crippen LogP contribution in [0.5, 0.6) is 0 Å². The standard InChI is InChI=1S/C12H18N2O3/c1-8(15)7-14(2)11-9(12(16)17-3)5-4-6-10(11)13/h4-6,8,15H,7,13H2,1-3H3. The van der Waals surface area contributed by atoms with Crippen LogP contribution < -0.4 is 10.6 Å². The molecule has 5 heteroatoms. The second kappa shape index (κ2) is 5.54. The highest BCUT2D eigenvalue weighted by atomic mass is 16.5. The molecule has 3 N–H and O–H groups in total. The number of para-hydroxylation sites is 1. The van der Waals surface area contributed by atoms with Crippen LogP contribution in [0.1, 0.15) is 17.3 Å². The number of esters is 1. The summed E-state index contributed by atoms with van der Waals surface area (Å²) >= 11 is 0. The van der Waals surface area contributed by atoms with Gasteiger partial charge < -0.3 is 20.5 Å². The van der Waals surface area contributed by atoms with Gasteiger partial charge >= 0.3 is 5.97 Å². The first-order chi connectivity index (χ1) is 7.97. The Morgan fingerprint density at radius 3 is 2.76 bits per heavy atom. The maximum atomic E-state index is 11.6. The summed E-state index contributed by atoms with van der Waals surface area (Å²) in [6, 6.07) is 5.05. The monoisotopic (exact) mass is 238 g/mol. The number of nitrogens with two attached hydrogens (primary N) is 1. The van der Waals surface area contributed by atoms with E-state index >= 15 is 0 Å². The maximum absolute atomic E-state index is 11.6. The summed E-state index contributed by atoms with van der Waals surface area (Å²) in [5.41, 5.74) is 7.32. The molecule has 0 aliphatic heterocycles. The molecule has 0 radical (unpaired) electrons. The van der Waals surface area contributed by atoms with E-state index < -0.39 is 12.1 Å². The van der Waals surface area contributed by atoms with Gasteiger partial charge in [-0.05, 0) is 19.1 Å². The lowest BCUT2D eigenvalue weighted by Crippen LogP contribution is -2.29. The summed E-state index contributed by atoms with van der Waals surface area (Å²) in [5.74, 6) is -0.440. The lowest BCUT2D eigenvalue weighted by atomic mass is 10.1. The molecular formula is C12H18N2O3. The molecule has 0 saturated heterocycles. The number of nitrogens with zero attached hydrogens (tertiary/aromatic N) is 1. The van der Waals surface area contributed by atoms with Crippen molar-refractivity contribution < 1.29 is 14.6 Å². The summed E-state index contributed by atoms with van der Waals surface area (Å²) in [6.07, 6.45) is -0.509. The minimum absolute atomic E-state index is 0.387. The average Bonchev–Trinajstić information content (AvgIpc) is 2.26. The Balaban J connectivity index is 3.15. The summed E-state index contributed by atoms with van der Waals surface area (Å²) in [6.45, 7) is 2.06. The van der Waals surface area contributed by atoms with Gasteiger partial charge in [0.2, 0.25) is 0 Å². The first-order valence-electron chi connectivity index (χ1n) is 5.33. The van der Waals surface area contributed by atoms with Gasteiger partial charge in [0, 0.05) is 13.6 Å². The van der Waals surface area contributed by atoms with Gasteiger partial charge in [-0.25, -0.2) is 4.79 Å². The van der Waals surface area contributed by atoms with Crippen LogP contribution in [0.25, 0.3) is 0 Å². The van der Waals surface area contributed by atoms with Gasteiger partial charge in [-0.15, -0.1) is 0 Å². The third-order valence-corrected chi connectivity index (χ3v) is 2.39. The Hall–Kier alpha value is -1.75. The number of anilines is 2. The smallest absolute Gasteiger partial charge is 0.340 e. The van der Waals surface area contributed by atoms with Crippen LogP contribution in [-0.4, -0.2) is 37.9 Å². The predicted molar refractivity (Wildman–Crippen MR) is 67.1 cm³/mol. The molecule has 1 aromatic rings. The van der Waals surface area contributed by atoms with E-state index in [1.807, 2.05) is 0 Å². The van der Waals surface area contributed by atoms with Gasteiger partial charge in [0.25, 0.3) is 0 Å². The van der Waals surface area contributed by atoms with Crippen LogP contribution in [0.4, 0.5) is 11.4 Å². The minimum Gasteiger partial charge on any atom is -0.465 e. The molecule has 1 aromatic carbocycles. The normalized spacial score (nSPS) is 12.0. The summed E-state index contributed by atoms with van der Waals surface area (Å²) < 4.78 is 4.70. The number of nitrogen functional groups attached to an aromatic ring is 1. The molecule has 0 saturated carbocycles. The fourth-order valence-electron chi connectivity index (χ4n) is 1.75. The van der Waals surface area contributed by atoms with Crippen LogP contribution in [0.15, 0.2) is 18.2 Å². The number of hydrogen-bond acceptors (Lipinski definition) is 5. The number of carbonyl (C=O) groups excluding carboxylic acids is 1. The van der Waals surface area contributed by atoms with Crippen molar-refractivity contribution in [3.63, 3.8) is 0 Å². The highest BCUT2D eigenvalue weighted by molar-refractivity contribution is 5.99. The number of aliphatic hydroxyl groups is 1. The predicted octanol–water partition coefficient (Wildman–Crippen LogP) is 0.872. The number of rotatable bonds is 4. The van der Waals surface area contributed by atoms with Crippen LogP contribution >= 0.6 is 0 Å². The van der Waals surface area contributed by atoms with E-state index in [0.29, 0.717) is 23.5 Å². The summed E-state index contributed by atoms with van der Waals surface area (Å²) in [7, 11) is 3.09. The molecule has 0 spiro atoms. The Labute approximate surface area is 101 Å². The lowest BCUT2D eigenvalue weighted by molar-refractivity contribution is 0.0601. The van der Waals surface area contributed by atoms with Crippen molar-refractivity contribution in [3.8, 4) is 0 Å². The Kier molecular flexibility index (Phi) is 4.34. The van der Waals surface area contributed by atoms with Gasteiger partial charge in [-0.1, -0.05) is 6.07 Å². The maximum Gasteiger partial charge on any atom is 0.340 e. The molecule has 0 fully saturated rings. The van der Waals surface area contributed by atoms with Crippen molar-refractivity contribution in [2.24, 2.45) is 0 Å². The van der Waals surface area contributed by atoms with E-state index in [9.17, 15) is 9.90 Å². The number of likely N-dealkylation sites (N-methyl/N-ethyl adjacent to an activating group) is 1. The number of methoxy groups -OCH3 is 1. The van der Waals surface area contributed by atoms with Gasteiger partial charge in [-0.3, -0.25) is 0 Å². The topological polar surface area (TPSA) is 75.8 Å². The molecule has 0 heterocycles. The van der Waals surface area contributed by atoms with E-state index in [-0.39, 0.29) is 0 Å². The molecule has 0 aromatic heterocycles. The Morgan fingerprint density at radius 2 is 2.24 bits per heavy atom. The fraction of sp³-hybridized carbons (Fsp3) is 0.417. The summed E-state index contributed by atoms with van der Waals surface area (Å²) in [4.78, 5) is 13.4. The van der Waals surface area contributed by atoms with E-state index in [2.05, 4.69) is 0 Å². The molecule has 1 atom stereocenters. The molecule has 0 bridgehead atoms. The van der Waals surface area contributed by atoms with Crippen molar-refractivity contribution >= 4 is 17.3 Å². The van der Waals surface area contributed by atoms with E-state index in [4.69, 9.17) is 10.5 Å². The molecule has 1 unspecified atom stereocenters. The van der Waals surface area contributed by atoms with E-state index in [0.717, 1.165) is 0 Å². The second-order valence-electron chi connectivity index (χ2n) is 3.96. The third-order valence-electron chi connectivity index (χ3n) is 2.39. The number of carbonyl (C=O) groups is 1. The first-order valence-corrected chi connectivity index (χ1v) is 5.33. The van der Waals surface area contributed by atoms with Crippen molar-refractivity contribution in [3.05, 3.63) is 23.8 Å². The zero-order chi connectivity index (χ0) is 13.0. The van der Waals surface area contributed by atoms with Gasteiger partial charge in [0.15, 0.2) is 0 Å². The van der Waals surface area contributed by atoms with Crippen molar-refractivity contribution in [2.75, 3.05) is 31.3 Å². The zero-order valence-corrected chi connectivity index (χ0v) is 10.3. The molecular weight excluding hydrogens is 220 g/mol. The number of aliphatic hydroxyl groups excluding tert-OH is 1. The first kappa shape index (κ1) is 13.3. The van der Waals surface area contributed by atoms with Crippen LogP contribution in [0.3, 0.4) is 0 Å². The largest absolute Gasteiger partial charge is 0.465 e. The molecule has 1 rings (SSSR count). The molecule has 17 heavy (non-hydrogen) atoms. The molecule has 94 valence electrons. The number of hydrogen-bond donors (Lipinski definition) is 2. The van der Waals surface area contributed by atoms with Gasteiger partial charge in [-0.2, -0.15) is 0 Å². The molecule has 0 aliphatic rings. The van der Waals surface area contributed by atoms with Gasteiger partial charge in [0.1, 0.15) is 0 Å². The summed E-state index contributed by atoms with van der Waals surface area (Å²) in [5, 5.41) is 9.36. The lowest BCUT2D eigenvalue weighted by Gasteiger charge is -2.24. The highest BCUT2D eigenvalue weighted by Crippen LogP contribution is 2.27. The van der Waals surface area contributed by atoms with Crippen molar-refractivity contribution in [2.45, 2.75) is 13.0 Å². The van der Waals surface area contributed by atoms with Crippen LogP contribution in [0.2, 0.25) is 0 Å². The third kappa shape index (κ3) is 3.10. The zero-order valence-electron chi connectivity index (χ0n) is 10.3.